The van der Waals surface area contributed by atoms with Crippen molar-refractivity contribution in [3.8, 4) is 5.75 Å². The Balaban J connectivity index is 1.76. The second-order valence-electron chi connectivity index (χ2n) is 6.18. The zero-order valence-corrected chi connectivity index (χ0v) is 17.4. The molecule has 0 atom stereocenters. The van der Waals surface area contributed by atoms with Crippen molar-refractivity contribution in [3.63, 3.8) is 0 Å². The smallest absolute Gasteiger partial charge is 0.320 e. The highest BCUT2D eigenvalue weighted by atomic mass is 35.5. The number of carbonyl (C=O) groups excluding carboxylic acids is 1. The Labute approximate surface area is 174 Å². The monoisotopic (exact) mass is 423 g/mol. The molecular formula is C19H23Cl2N5O2. The number of rotatable bonds is 7. The summed E-state index contributed by atoms with van der Waals surface area (Å²) in [5.41, 5.74) is 7.17. The van der Waals surface area contributed by atoms with Crippen molar-refractivity contribution < 1.29 is 9.53 Å². The van der Waals surface area contributed by atoms with E-state index < -0.39 is 0 Å². The van der Waals surface area contributed by atoms with Crippen LogP contribution in [0, 0.1) is 0 Å². The summed E-state index contributed by atoms with van der Waals surface area (Å²) in [5.74, 6) is 0.993. The zero-order valence-electron chi connectivity index (χ0n) is 15.8. The predicted molar refractivity (Wildman–Crippen MR) is 114 cm³/mol. The van der Waals surface area contributed by atoms with Gasteiger partial charge in [0.25, 0.3) is 0 Å². The molecule has 0 unspecified atom stereocenters. The molecule has 0 radical (unpaired) electrons. The Morgan fingerprint density at radius 2 is 1.86 bits per heavy atom. The third-order valence-electron chi connectivity index (χ3n) is 3.38. The Morgan fingerprint density at radius 1 is 1.14 bits per heavy atom. The van der Waals surface area contributed by atoms with Gasteiger partial charge in [0, 0.05) is 11.6 Å². The molecule has 0 saturated heterocycles. The van der Waals surface area contributed by atoms with E-state index in [0.29, 0.717) is 33.9 Å². The fourth-order valence-electron chi connectivity index (χ4n) is 2.13. The highest BCUT2D eigenvalue weighted by Gasteiger charge is 2.05. The van der Waals surface area contributed by atoms with Crippen LogP contribution in [0.1, 0.15) is 26.3 Å². The first-order valence-electron chi connectivity index (χ1n) is 8.64. The van der Waals surface area contributed by atoms with E-state index in [2.05, 4.69) is 26.7 Å². The fraction of sp³-hybridized carbons (Fsp3) is 0.263. The lowest BCUT2D eigenvalue weighted by molar-refractivity contribution is 0.242. The summed E-state index contributed by atoms with van der Waals surface area (Å²) < 4.78 is 5.58. The van der Waals surface area contributed by atoms with Gasteiger partial charge in [-0.2, -0.15) is 0 Å². The molecule has 0 saturated carbocycles. The highest BCUT2D eigenvalue weighted by molar-refractivity contribution is 6.32. The van der Waals surface area contributed by atoms with Gasteiger partial charge in [-0.15, -0.1) is 5.10 Å². The molecule has 2 aromatic carbocycles. The number of benzene rings is 2. The number of hydrogen-bond donors (Lipinski definition) is 4. The van der Waals surface area contributed by atoms with E-state index in [1.807, 2.05) is 26.0 Å². The van der Waals surface area contributed by atoms with E-state index >= 15 is 0 Å². The summed E-state index contributed by atoms with van der Waals surface area (Å²) >= 11 is 12.0. The number of hydrazone groups is 1. The maximum absolute atomic E-state index is 11.9. The van der Waals surface area contributed by atoms with Gasteiger partial charge in [-0.1, -0.05) is 35.3 Å². The van der Waals surface area contributed by atoms with Crippen LogP contribution in [-0.2, 0) is 6.54 Å². The van der Waals surface area contributed by atoms with Gasteiger partial charge in [0.05, 0.1) is 16.8 Å². The first kappa shape index (κ1) is 21.7. The maximum atomic E-state index is 11.9. The standard InChI is InChI=1S/C19H23Cl2N5O2/c1-12(2)28-18-9-8-16(10-17(18)21)25-26-24-13(3)23-19(27)22-11-14-4-6-15(20)7-5-14/h4-10,12,25-26H,11H2,1-3H3,(H2,22,23,24,27). The van der Waals surface area contributed by atoms with Crippen LogP contribution >= 0.6 is 23.2 Å². The third kappa shape index (κ3) is 7.54. The lowest BCUT2D eigenvalue weighted by atomic mass is 10.2. The number of amidine groups is 1. The van der Waals surface area contributed by atoms with E-state index in [-0.39, 0.29) is 12.1 Å². The zero-order chi connectivity index (χ0) is 20.5. The van der Waals surface area contributed by atoms with Crippen molar-refractivity contribution in [1.82, 2.24) is 16.2 Å². The number of halogens is 2. The van der Waals surface area contributed by atoms with Crippen LogP contribution in [0.15, 0.2) is 47.6 Å². The summed E-state index contributed by atoms with van der Waals surface area (Å²) in [5, 5.41) is 10.5. The number of hydrogen-bond acceptors (Lipinski definition) is 5. The Hall–Kier alpha value is -2.64. The molecule has 0 spiro atoms. The molecule has 0 aliphatic heterocycles. The second-order valence-corrected chi connectivity index (χ2v) is 7.02. The second kappa shape index (κ2) is 10.6. The van der Waals surface area contributed by atoms with E-state index in [0.717, 1.165) is 5.56 Å². The van der Waals surface area contributed by atoms with Crippen LogP contribution in [0.4, 0.5) is 10.5 Å². The molecule has 2 aromatic rings. The molecule has 0 aliphatic carbocycles. The first-order chi connectivity index (χ1) is 13.3. The molecule has 0 bridgehead atoms. The summed E-state index contributed by atoms with van der Waals surface area (Å²) in [6, 6.07) is 12.1. The van der Waals surface area contributed by atoms with Gasteiger partial charge < -0.3 is 10.1 Å². The number of carbonyl (C=O) groups is 1. The fourth-order valence-corrected chi connectivity index (χ4v) is 2.48. The third-order valence-corrected chi connectivity index (χ3v) is 3.93. The average molecular weight is 424 g/mol. The molecular weight excluding hydrogens is 401 g/mol. The van der Waals surface area contributed by atoms with Crippen LogP contribution in [0.2, 0.25) is 10.0 Å². The van der Waals surface area contributed by atoms with E-state index in [9.17, 15) is 4.79 Å². The van der Waals surface area contributed by atoms with Crippen molar-refractivity contribution in [2.45, 2.75) is 33.4 Å². The van der Waals surface area contributed by atoms with Crippen LogP contribution in [-0.4, -0.2) is 18.0 Å². The van der Waals surface area contributed by atoms with E-state index in [1.165, 1.54) is 0 Å². The molecule has 2 rings (SSSR count). The van der Waals surface area contributed by atoms with Crippen molar-refractivity contribution in [2.24, 2.45) is 5.10 Å². The molecule has 0 aromatic heterocycles. The molecule has 9 heteroatoms. The predicted octanol–water partition coefficient (Wildman–Crippen LogP) is 4.53. The minimum atomic E-state index is -0.365. The number of ether oxygens (including phenoxy) is 1. The molecule has 2 amide bonds. The number of nitrogens with zero attached hydrogens (tertiary/aromatic N) is 1. The molecule has 4 N–H and O–H groups in total. The Kier molecular flexibility index (Phi) is 8.22. The van der Waals surface area contributed by atoms with Crippen molar-refractivity contribution >= 4 is 40.8 Å². The van der Waals surface area contributed by atoms with E-state index in [4.69, 9.17) is 27.9 Å². The summed E-state index contributed by atoms with van der Waals surface area (Å²) in [6.07, 6.45) is 0.0404. The lowest BCUT2D eigenvalue weighted by Crippen LogP contribution is -2.39. The molecule has 0 fully saturated rings. The largest absolute Gasteiger partial charge is 0.489 e. The average Bonchev–Trinajstić information content (AvgIpc) is 2.63. The number of hydrazine groups is 1. The van der Waals surface area contributed by atoms with Gasteiger partial charge in [0.2, 0.25) is 0 Å². The van der Waals surface area contributed by atoms with Gasteiger partial charge >= 0.3 is 6.03 Å². The van der Waals surface area contributed by atoms with Crippen molar-refractivity contribution in [1.29, 1.82) is 0 Å². The summed E-state index contributed by atoms with van der Waals surface area (Å²) in [4.78, 5) is 11.9. The molecule has 7 nitrogen and oxygen atoms in total. The Morgan fingerprint density at radius 3 is 2.50 bits per heavy atom. The molecule has 0 aliphatic rings. The quantitative estimate of drug-likeness (QED) is 0.299. The van der Waals surface area contributed by atoms with E-state index in [1.54, 1.807) is 37.3 Å². The minimum absolute atomic E-state index is 0.0404. The van der Waals surface area contributed by atoms with Gasteiger partial charge in [-0.25, -0.2) is 10.3 Å². The van der Waals surface area contributed by atoms with Gasteiger partial charge in [-0.3, -0.25) is 10.7 Å². The van der Waals surface area contributed by atoms with Crippen LogP contribution in [0.3, 0.4) is 0 Å². The minimum Gasteiger partial charge on any atom is -0.489 e. The summed E-state index contributed by atoms with van der Waals surface area (Å²) in [6.45, 7) is 5.90. The van der Waals surface area contributed by atoms with Crippen LogP contribution in [0.25, 0.3) is 0 Å². The first-order valence-corrected chi connectivity index (χ1v) is 9.40. The Bertz CT molecular complexity index is 826. The number of amides is 2. The SMILES string of the molecule is C/C(=N/NNc1ccc(OC(C)C)c(Cl)c1)NC(=O)NCc1ccc(Cl)cc1. The van der Waals surface area contributed by atoms with Gasteiger partial charge in [0.15, 0.2) is 0 Å². The number of nitrogens with one attached hydrogen (secondary N) is 4. The number of urea groups is 1. The maximum Gasteiger partial charge on any atom is 0.320 e. The summed E-state index contributed by atoms with van der Waals surface area (Å²) in [7, 11) is 0. The molecule has 28 heavy (non-hydrogen) atoms. The van der Waals surface area contributed by atoms with Gasteiger partial charge in [0.1, 0.15) is 11.6 Å². The van der Waals surface area contributed by atoms with Crippen molar-refractivity contribution in [3.05, 3.63) is 58.1 Å². The number of anilines is 1. The van der Waals surface area contributed by atoms with Crippen LogP contribution < -0.4 is 26.3 Å². The van der Waals surface area contributed by atoms with Gasteiger partial charge in [-0.05, 0) is 56.7 Å². The highest BCUT2D eigenvalue weighted by Crippen LogP contribution is 2.28. The lowest BCUT2D eigenvalue weighted by Gasteiger charge is -2.13. The topological polar surface area (TPSA) is 86.8 Å². The van der Waals surface area contributed by atoms with Crippen molar-refractivity contribution in [2.75, 3.05) is 5.43 Å². The molecule has 150 valence electrons. The normalized spacial score (nSPS) is 11.1. The molecule has 0 heterocycles. The van der Waals surface area contributed by atoms with Crippen LogP contribution in [0.5, 0.6) is 5.75 Å².